The van der Waals surface area contributed by atoms with Gasteiger partial charge in [-0.05, 0) is 35.7 Å². The number of aromatic nitrogens is 1. The van der Waals surface area contributed by atoms with Gasteiger partial charge in [-0.1, -0.05) is 12.1 Å². The molecular weight excluding hydrogens is 398 g/mol. The molecule has 0 unspecified atom stereocenters. The van der Waals surface area contributed by atoms with E-state index in [1.54, 1.807) is 12.1 Å². The highest BCUT2D eigenvalue weighted by atomic mass is 32.2. The molecule has 0 bridgehead atoms. The molecular formula is C15H11N3O7S2. The molecule has 3 rings (SSSR count). The van der Waals surface area contributed by atoms with E-state index in [0.29, 0.717) is 0 Å². The second-order valence-electron chi connectivity index (χ2n) is 5.29. The van der Waals surface area contributed by atoms with E-state index in [-0.39, 0.29) is 22.3 Å². The molecule has 0 saturated carbocycles. The fraction of sp³-hybridized carbons (Fsp3) is 0. The smallest absolute Gasteiger partial charge is 0.298 e. The summed E-state index contributed by atoms with van der Waals surface area (Å²) in [4.78, 5) is 2.50. The van der Waals surface area contributed by atoms with Crippen molar-refractivity contribution in [1.29, 1.82) is 0 Å². The Bertz CT molecular complexity index is 1270. The van der Waals surface area contributed by atoms with E-state index >= 15 is 0 Å². The summed E-state index contributed by atoms with van der Waals surface area (Å²) < 4.78 is 64.2. The average molecular weight is 409 g/mol. The zero-order valence-corrected chi connectivity index (χ0v) is 14.9. The van der Waals surface area contributed by atoms with Crippen LogP contribution < -0.4 is 0 Å². The zero-order valence-electron chi connectivity index (χ0n) is 13.3. The number of hydrogen-bond acceptors (Lipinski definition) is 8. The molecule has 3 aromatic rings. The van der Waals surface area contributed by atoms with Crippen molar-refractivity contribution < 1.29 is 31.0 Å². The minimum atomic E-state index is -4.86. The molecule has 0 radical (unpaired) electrons. The van der Waals surface area contributed by atoms with Crippen LogP contribution in [0.1, 0.15) is 0 Å². The number of phenols is 1. The van der Waals surface area contributed by atoms with Crippen LogP contribution in [-0.4, -0.2) is 36.0 Å². The van der Waals surface area contributed by atoms with Gasteiger partial charge in [-0.25, -0.2) is 4.98 Å². The highest BCUT2D eigenvalue weighted by Crippen LogP contribution is 2.41. The molecule has 2 aromatic carbocycles. The lowest BCUT2D eigenvalue weighted by molar-refractivity contribution is 0.445. The Morgan fingerprint density at radius 2 is 1.63 bits per heavy atom. The number of benzene rings is 2. The zero-order chi connectivity index (χ0) is 19.8. The molecule has 0 amide bonds. The summed E-state index contributed by atoms with van der Waals surface area (Å²) in [5.74, 6) is -0.707. The van der Waals surface area contributed by atoms with Crippen LogP contribution in [0.25, 0.3) is 10.8 Å². The first-order valence-electron chi connectivity index (χ1n) is 7.15. The topological polar surface area (TPSA) is 167 Å². The van der Waals surface area contributed by atoms with Crippen molar-refractivity contribution in [2.75, 3.05) is 0 Å². The van der Waals surface area contributed by atoms with Gasteiger partial charge in [-0.15, -0.1) is 10.2 Å². The molecule has 0 aliphatic carbocycles. The van der Waals surface area contributed by atoms with E-state index < -0.39 is 35.8 Å². The van der Waals surface area contributed by atoms with Crippen LogP contribution in [0.4, 0.5) is 11.5 Å². The molecule has 0 aliphatic heterocycles. The Morgan fingerprint density at radius 1 is 0.889 bits per heavy atom. The van der Waals surface area contributed by atoms with Crippen LogP contribution in [0, 0.1) is 0 Å². The molecule has 0 spiro atoms. The van der Waals surface area contributed by atoms with E-state index in [1.165, 1.54) is 18.3 Å². The van der Waals surface area contributed by atoms with Crippen molar-refractivity contribution in [1.82, 2.24) is 4.98 Å². The van der Waals surface area contributed by atoms with Crippen molar-refractivity contribution >= 4 is 42.5 Å². The molecule has 140 valence electrons. The minimum absolute atomic E-state index is 0.0227. The monoisotopic (exact) mass is 409 g/mol. The third-order valence-corrected chi connectivity index (χ3v) is 5.22. The molecule has 0 saturated heterocycles. The number of hydrogen-bond donors (Lipinski definition) is 3. The Morgan fingerprint density at radius 3 is 2.22 bits per heavy atom. The summed E-state index contributed by atoms with van der Waals surface area (Å²) in [5, 5.41) is 17.9. The van der Waals surface area contributed by atoms with Gasteiger partial charge in [-0.3, -0.25) is 9.11 Å². The summed E-state index contributed by atoms with van der Waals surface area (Å²) in [6.45, 7) is 0. The number of azo groups is 1. The number of rotatable bonds is 4. The Hall–Kier alpha value is -2.93. The van der Waals surface area contributed by atoms with E-state index in [0.717, 1.165) is 18.2 Å². The fourth-order valence-electron chi connectivity index (χ4n) is 2.30. The van der Waals surface area contributed by atoms with Crippen LogP contribution in [0.2, 0.25) is 0 Å². The van der Waals surface area contributed by atoms with Crippen molar-refractivity contribution in [2.24, 2.45) is 10.2 Å². The molecule has 12 heteroatoms. The van der Waals surface area contributed by atoms with Crippen molar-refractivity contribution in [3.63, 3.8) is 0 Å². The van der Waals surface area contributed by atoms with Gasteiger partial charge in [0.15, 0.2) is 11.6 Å². The lowest BCUT2D eigenvalue weighted by Gasteiger charge is -2.09. The Kier molecular flexibility index (Phi) is 4.65. The van der Waals surface area contributed by atoms with Gasteiger partial charge in [0.05, 0.1) is 4.90 Å². The predicted octanol–water partition coefficient (Wildman–Crippen LogP) is 2.85. The number of nitrogens with zero attached hydrogens (tertiary/aromatic N) is 3. The van der Waals surface area contributed by atoms with Gasteiger partial charge in [0.2, 0.25) is 0 Å². The average Bonchev–Trinajstić information content (AvgIpc) is 2.59. The maximum atomic E-state index is 11.5. The molecule has 0 atom stereocenters. The highest BCUT2D eigenvalue weighted by Gasteiger charge is 2.22. The predicted molar refractivity (Wildman–Crippen MR) is 93.7 cm³/mol. The van der Waals surface area contributed by atoms with Crippen LogP contribution in [0.3, 0.4) is 0 Å². The maximum absolute atomic E-state index is 11.5. The first-order chi connectivity index (χ1) is 12.6. The third kappa shape index (κ3) is 3.93. The van der Waals surface area contributed by atoms with E-state index in [9.17, 15) is 26.5 Å². The van der Waals surface area contributed by atoms with Gasteiger partial charge < -0.3 is 5.11 Å². The van der Waals surface area contributed by atoms with E-state index in [1.807, 2.05) is 0 Å². The van der Waals surface area contributed by atoms with Crippen molar-refractivity contribution in [3.05, 3.63) is 48.7 Å². The number of fused-ring (bicyclic) bond motifs is 1. The van der Waals surface area contributed by atoms with E-state index in [2.05, 4.69) is 15.2 Å². The van der Waals surface area contributed by atoms with Crippen LogP contribution in [0.15, 0.2) is 68.7 Å². The number of aromatic hydroxyl groups is 1. The lowest BCUT2D eigenvalue weighted by atomic mass is 10.1. The standard InChI is InChI=1S/C15H11N3O7S2/c19-15-12(27(23,24)25)8-9-7-10(26(20,21)22)4-5-11(9)14(15)18-17-13-3-1-2-6-16-13/h1-8,19H,(H,20,21,22)(H,23,24,25)/b18-17+. The van der Waals surface area contributed by atoms with Gasteiger partial charge >= 0.3 is 0 Å². The summed E-state index contributed by atoms with van der Waals surface area (Å²) in [7, 11) is -9.42. The van der Waals surface area contributed by atoms with Gasteiger partial charge in [0, 0.05) is 11.6 Å². The van der Waals surface area contributed by atoms with E-state index in [4.69, 9.17) is 4.55 Å². The first kappa shape index (κ1) is 18.8. The molecule has 1 heterocycles. The van der Waals surface area contributed by atoms with Crippen LogP contribution in [-0.2, 0) is 20.2 Å². The molecule has 1 aromatic heterocycles. The first-order valence-corrected chi connectivity index (χ1v) is 10.0. The van der Waals surface area contributed by atoms with Gasteiger partial charge in [0.1, 0.15) is 10.6 Å². The molecule has 27 heavy (non-hydrogen) atoms. The SMILES string of the molecule is O=S(=O)(O)c1ccc2c(/N=N/c3ccccn3)c(O)c(S(=O)(=O)O)cc2c1. The third-order valence-electron chi connectivity index (χ3n) is 3.50. The second kappa shape index (κ2) is 6.66. The van der Waals surface area contributed by atoms with Gasteiger partial charge in [0.25, 0.3) is 20.2 Å². The maximum Gasteiger partial charge on any atom is 0.298 e. The Labute approximate surface area is 153 Å². The molecule has 3 N–H and O–H groups in total. The van der Waals surface area contributed by atoms with Crippen molar-refractivity contribution in [3.8, 4) is 5.75 Å². The summed E-state index contributed by atoms with van der Waals surface area (Å²) in [5.41, 5.74) is -0.326. The van der Waals surface area contributed by atoms with Gasteiger partial charge in [-0.2, -0.15) is 16.8 Å². The molecule has 0 fully saturated rings. The highest BCUT2D eigenvalue weighted by molar-refractivity contribution is 7.86. The molecule has 10 nitrogen and oxygen atoms in total. The second-order valence-corrected chi connectivity index (χ2v) is 8.10. The fourth-order valence-corrected chi connectivity index (χ4v) is 3.43. The lowest BCUT2D eigenvalue weighted by Crippen LogP contribution is -2.00. The largest absolute Gasteiger partial charge is 0.504 e. The number of pyridine rings is 1. The minimum Gasteiger partial charge on any atom is -0.504 e. The normalized spacial score (nSPS) is 12.7. The quantitative estimate of drug-likeness (QED) is 0.437. The summed E-state index contributed by atoms with van der Waals surface area (Å²) >= 11 is 0. The number of phenolic OH excluding ortho intramolecular Hbond substituents is 1. The molecule has 0 aliphatic rings. The summed E-state index contributed by atoms with van der Waals surface area (Å²) in [6.07, 6.45) is 1.44. The summed E-state index contributed by atoms with van der Waals surface area (Å²) in [6, 6.07) is 8.86. The Balaban J connectivity index is 2.33. The van der Waals surface area contributed by atoms with Crippen LogP contribution >= 0.6 is 0 Å². The van der Waals surface area contributed by atoms with Crippen LogP contribution in [0.5, 0.6) is 5.75 Å². The van der Waals surface area contributed by atoms with Crippen molar-refractivity contribution in [2.45, 2.75) is 9.79 Å².